The summed E-state index contributed by atoms with van der Waals surface area (Å²) in [7, 11) is 0. The number of hydrogen-bond acceptors (Lipinski definition) is 3. The lowest BCUT2D eigenvalue weighted by Gasteiger charge is -2.40. The van der Waals surface area contributed by atoms with E-state index in [4.69, 9.17) is 10.5 Å². The molecule has 4 rings (SSSR count). The molecule has 3 N–H and O–H groups in total. The predicted octanol–water partition coefficient (Wildman–Crippen LogP) is 5.67. The van der Waals surface area contributed by atoms with E-state index in [0.29, 0.717) is 24.6 Å². The van der Waals surface area contributed by atoms with Crippen molar-refractivity contribution in [2.75, 3.05) is 13.1 Å². The smallest absolute Gasteiger partial charge is 0.370 e. The number of ether oxygens (including phenoxy) is 1. The second-order valence-corrected chi connectivity index (χ2v) is 11.0. The summed E-state index contributed by atoms with van der Waals surface area (Å²) in [5, 5.41) is 2.87. The number of carbonyl (C=O) groups is 1. The van der Waals surface area contributed by atoms with Crippen LogP contribution in [0.1, 0.15) is 57.2 Å². The third-order valence-electron chi connectivity index (χ3n) is 6.75. The van der Waals surface area contributed by atoms with Gasteiger partial charge in [0.05, 0.1) is 31.4 Å². The predicted molar refractivity (Wildman–Crippen MR) is 130 cm³/mol. The zero-order chi connectivity index (χ0) is 25.6. The maximum Gasteiger partial charge on any atom is 0.416 e. The van der Waals surface area contributed by atoms with Crippen LogP contribution in [-0.2, 0) is 23.1 Å². The maximum atomic E-state index is 14.0. The van der Waals surface area contributed by atoms with Crippen LogP contribution in [0.5, 0.6) is 0 Å². The third kappa shape index (κ3) is 5.81. The molecule has 1 saturated heterocycles. The van der Waals surface area contributed by atoms with Crippen molar-refractivity contribution in [3.8, 4) is 11.1 Å². The zero-order valence-electron chi connectivity index (χ0n) is 20.7. The Hall–Kier alpha value is -2.58. The largest absolute Gasteiger partial charge is 0.416 e. The number of likely N-dealkylation sites (tertiary alicyclic amines) is 1. The molecule has 1 heterocycles. The van der Waals surface area contributed by atoms with E-state index in [1.807, 2.05) is 52.0 Å². The van der Waals surface area contributed by atoms with Crippen molar-refractivity contribution >= 4 is 6.03 Å². The molecule has 2 aromatic carbocycles. The van der Waals surface area contributed by atoms with Crippen molar-refractivity contribution in [3.05, 3.63) is 59.2 Å². The van der Waals surface area contributed by atoms with Crippen molar-refractivity contribution in [2.45, 2.75) is 70.5 Å². The minimum absolute atomic E-state index is 0.0778. The van der Waals surface area contributed by atoms with Crippen molar-refractivity contribution in [1.29, 1.82) is 0 Å². The van der Waals surface area contributed by atoms with E-state index in [-0.39, 0.29) is 29.8 Å². The van der Waals surface area contributed by atoms with Gasteiger partial charge in [0.25, 0.3) is 0 Å². The number of carbonyl (C=O) groups excluding carboxylic acids is 1. The zero-order valence-corrected chi connectivity index (χ0v) is 20.7. The quantitative estimate of drug-likeness (QED) is 0.550. The number of rotatable bonds is 6. The molecule has 2 aromatic rings. The molecule has 1 unspecified atom stereocenters. The van der Waals surface area contributed by atoms with Gasteiger partial charge in [-0.2, -0.15) is 13.2 Å². The number of benzene rings is 2. The normalized spacial score (nSPS) is 18.7. The molecule has 1 aliphatic heterocycles. The molecular weight excluding hydrogens is 455 g/mol. The average molecular weight is 490 g/mol. The molecule has 5 nitrogen and oxygen atoms in total. The van der Waals surface area contributed by atoms with Gasteiger partial charge >= 0.3 is 12.2 Å². The fourth-order valence-electron chi connectivity index (χ4n) is 4.56. The van der Waals surface area contributed by atoms with Crippen LogP contribution in [0, 0.1) is 5.92 Å². The molecule has 1 saturated carbocycles. The number of hydrogen-bond donors (Lipinski definition) is 2. The second kappa shape index (κ2) is 9.13. The van der Waals surface area contributed by atoms with Gasteiger partial charge in [-0.15, -0.1) is 0 Å². The molecule has 0 bridgehead atoms. The van der Waals surface area contributed by atoms with Gasteiger partial charge in [-0.3, -0.25) is 0 Å². The van der Waals surface area contributed by atoms with Crippen LogP contribution in [-0.4, -0.2) is 35.7 Å². The van der Waals surface area contributed by atoms with E-state index < -0.39 is 17.3 Å². The van der Waals surface area contributed by atoms with E-state index in [1.54, 1.807) is 11.0 Å². The first-order valence-electron chi connectivity index (χ1n) is 12.0. The Bertz CT molecular complexity index is 1080. The number of nitrogens with two attached hydrogens (primary N) is 1. The number of urea groups is 1. The van der Waals surface area contributed by atoms with Crippen LogP contribution in [0.4, 0.5) is 18.0 Å². The standard InChI is InChI=1S/C27H34F3N3O2/c1-25(2,3)32-24(34)33-14-20(15-33)35-16-18-10-9-17(13-23(18)27(28,29)30)21-7-5-6-8-22(21)26(4,31)19-11-12-19/h5-10,13,19-20H,11-12,14-16,31H2,1-4H3,(H,32,34). The Morgan fingerprint density at radius 1 is 1.06 bits per heavy atom. The minimum atomic E-state index is -4.52. The van der Waals surface area contributed by atoms with E-state index in [1.165, 1.54) is 12.1 Å². The topological polar surface area (TPSA) is 67.6 Å². The molecule has 1 atom stereocenters. The highest BCUT2D eigenvalue weighted by Crippen LogP contribution is 2.46. The van der Waals surface area contributed by atoms with Crippen molar-refractivity contribution in [1.82, 2.24) is 10.2 Å². The van der Waals surface area contributed by atoms with Gasteiger partial charge in [0.2, 0.25) is 0 Å². The second-order valence-electron chi connectivity index (χ2n) is 11.0. The summed E-state index contributed by atoms with van der Waals surface area (Å²) in [5.41, 5.74) is 7.12. The summed E-state index contributed by atoms with van der Waals surface area (Å²) in [6.45, 7) is 8.15. The van der Waals surface area contributed by atoms with Gasteiger partial charge in [0.15, 0.2) is 0 Å². The molecular formula is C27H34F3N3O2. The Morgan fingerprint density at radius 3 is 2.31 bits per heavy atom. The number of amides is 2. The van der Waals surface area contributed by atoms with Crippen LogP contribution in [0.3, 0.4) is 0 Å². The summed E-state index contributed by atoms with van der Waals surface area (Å²) in [5.74, 6) is 0.339. The first-order chi connectivity index (χ1) is 16.3. The Balaban J connectivity index is 1.49. The lowest BCUT2D eigenvalue weighted by atomic mass is 9.82. The maximum absolute atomic E-state index is 14.0. The molecule has 190 valence electrons. The Morgan fingerprint density at radius 2 is 1.71 bits per heavy atom. The van der Waals surface area contributed by atoms with Crippen molar-refractivity contribution in [3.63, 3.8) is 0 Å². The molecule has 35 heavy (non-hydrogen) atoms. The Kier molecular flexibility index (Phi) is 6.66. The van der Waals surface area contributed by atoms with Gasteiger partial charge < -0.3 is 20.7 Å². The first-order valence-corrected chi connectivity index (χ1v) is 12.0. The Labute approximate surface area is 204 Å². The van der Waals surface area contributed by atoms with Gasteiger partial charge in [-0.05, 0) is 74.8 Å². The molecule has 0 radical (unpaired) electrons. The molecule has 2 aliphatic rings. The van der Waals surface area contributed by atoms with Crippen molar-refractivity contribution < 1.29 is 22.7 Å². The van der Waals surface area contributed by atoms with Crippen LogP contribution in [0.2, 0.25) is 0 Å². The summed E-state index contributed by atoms with van der Waals surface area (Å²) in [6.07, 6.45) is -2.76. The van der Waals surface area contributed by atoms with Gasteiger partial charge in [-0.25, -0.2) is 4.79 Å². The minimum Gasteiger partial charge on any atom is -0.370 e. The molecule has 2 amide bonds. The first kappa shape index (κ1) is 25.5. The summed E-state index contributed by atoms with van der Waals surface area (Å²) in [6, 6.07) is 11.6. The van der Waals surface area contributed by atoms with Crippen molar-refractivity contribution in [2.24, 2.45) is 11.7 Å². The van der Waals surface area contributed by atoms with Crippen LogP contribution in [0.15, 0.2) is 42.5 Å². The SMILES string of the molecule is CC(C)(C)NC(=O)N1CC(OCc2ccc(-c3ccccc3C(C)(N)C3CC3)cc2C(F)(F)F)C1. The van der Waals surface area contributed by atoms with E-state index >= 15 is 0 Å². The molecule has 0 spiro atoms. The summed E-state index contributed by atoms with van der Waals surface area (Å²) < 4.78 is 47.8. The van der Waals surface area contributed by atoms with Gasteiger partial charge in [-0.1, -0.05) is 36.4 Å². The van der Waals surface area contributed by atoms with Gasteiger partial charge in [0, 0.05) is 11.1 Å². The lowest BCUT2D eigenvalue weighted by Crippen LogP contribution is -2.60. The fourth-order valence-corrected chi connectivity index (χ4v) is 4.56. The number of alkyl halides is 3. The van der Waals surface area contributed by atoms with Crippen LogP contribution < -0.4 is 11.1 Å². The number of halogens is 3. The van der Waals surface area contributed by atoms with E-state index in [9.17, 15) is 18.0 Å². The molecule has 0 aromatic heterocycles. The third-order valence-corrected chi connectivity index (χ3v) is 6.75. The molecule has 2 fully saturated rings. The monoisotopic (exact) mass is 489 g/mol. The number of nitrogens with zero attached hydrogens (tertiary/aromatic N) is 1. The molecule has 8 heteroatoms. The van der Waals surface area contributed by atoms with Gasteiger partial charge in [0.1, 0.15) is 0 Å². The van der Waals surface area contributed by atoms with E-state index in [0.717, 1.165) is 24.0 Å². The average Bonchev–Trinajstić information content (AvgIpc) is 3.56. The summed E-state index contributed by atoms with van der Waals surface area (Å²) in [4.78, 5) is 13.8. The van der Waals surface area contributed by atoms with Crippen LogP contribution in [0.25, 0.3) is 11.1 Å². The van der Waals surface area contributed by atoms with E-state index in [2.05, 4.69) is 5.32 Å². The fraction of sp³-hybridized carbons (Fsp3) is 0.519. The van der Waals surface area contributed by atoms with Crippen LogP contribution >= 0.6 is 0 Å². The number of nitrogens with one attached hydrogen (secondary N) is 1. The highest BCUT2D eigenvalue weighted by atomic mass is 19.4. The highest BCUT2D eigenvalue weighted by Gasteiger charge is 2.41. The summed E-state index contributed by atoms with van der Waals surface area (Å²) >= 11 is 0. The highest BCUT2D eigenvalue weighted by molar-refractivity contribution is 5.76. The lowest BCUT2D eigenvalue weighted by molar-refractivity contribution is -0.139. The molecule has 1 aliphatic carbocycles.